The van der Waals surface area contributed by atoms with E-state index >= 15 is 0 Å². The monoisotopic (exact) mass is 490 g/mol. The van der Waals surface area contributed by atoms with Gasteiger partial charge in [-0.25, -0.2) is 9.98 Å². The molecule has 2 aliphatic rings. The van der Waals surface area contributed by atoms with E-state index in [-0.39, 0.29) is 29.9 Å². The molecule has 2 saturated heterocycles. The fraction of sp³-hybridized carbons (Fsp3) is 0.765. The minimum Gasteiger partial charge on any atom is -0.357 e. The number of aryl methyl sites for hydroxylation is 1. The van der Waals surface area contributed by atoms with Crippen molar-refractivity contribution in [1.82, 2.24) is 34.8 Å². The van der Waals surface area contributed by atoms with E-state index in [1.807, 2.05) is 11.9 Å². The number of guanidine groups is 1. The Bertz CT molecular complexity index is 620. The molecule has 0 atom stereocenters. The highest BCUT2D eigenvalue weighted by Crippen LogP contribution is 2.09. The Morgan fingerprint density at radius 1 is 1.15 bits per heavy atom. The van der Waals surface area contributed by atoms with Gasteiger partial charge in [-0.05, 0) is 19.8 Å². The van der Waals surface area contributed by atoms with Crippen LogP contribution >= 0.6 is 24.0 Å². The normalized spacial score (nSPS) is 18.5. The number of hydrogen-bond donors (Lipinski definition) is 1. The fourth-order valence-corrected chi connectivity index (χ4v) is 3.41. The summed E-state index contributed by atoms with van der Waals surface area (Å²) in [4.78, 5) is 27.8. The van der Waals surface area contributed by atoms with Gasteiger partial charge < -0.3 is 15.1 Å². The summed E-state index contributed by atoms with van der Waals surface area (Å²) < 4.78 is 1.75. The number of halogens is 1. The topological polar surface area (TPSA) is 81.9 Å². The van der Waals surface area contributed by atoms with Gasteiger partial charge in [-0.1, -0.05) is 0 Å². The molecule has 3 heterocycles. The molecule has 0 radical (unpaired) electrons. The van der Waals surface area contributed by atoms with Crippen molar-refractivity contribution in [2.24, 2.45) is 12.0 Å². The lowest BCUT2D eigenvalue weighted by Crippen LogP contribution is -2.54. The third-order valence-corrected chi connectivity index (χ3v) is 5.00. The number of amides is 1. The number of aliphatic imine (C=N–C) groups is 1. The van der Waals surface area contributed by atoms with Crippen LogP contribution in [0.3, 0.4) is 0 Å². The third-order valence-electron chi connectivity index (χ3n) is 5.00. The van der Waals surface area contributed by atoms with Crippen molar-refractivity contribution in [3.63, 3.8) is 0 Å². The number of rotatable bonds is 5. The van der Waals surface area contributed by atoms with Crippen LogP contribution in [0.2, 0.25) is 0 Å². The number of carbonyl (C=O) groups is 1. The van der Waals surface area contributed by atoms with Gasteiger partial charge in [0.15, 0.2) is 5.96 Å². The highest BCUT2D eigenvalue weighted by Gasteiger charge is 2.24. The largest absolute Gasteiger partial charge is 0.357 e. The van der Waals surface area contributed by atoms with Crippen LogP contribution in [0.25, 0.3) is 0 Å². The number of hydrogen-bond acceptors (Lipinski definition) is 5. The molecule has 152 valence electrons. The Balaban J connectivity index is 0.00000261. The summed E-state index contributed by atoms with van der Waals surface area (Å²) in [6.45, 7) is 9.31. The molecular weight excluding hydrogens is 459 g/mol. The van der Waals surface area contributed by atoms with Crippen LogP contribution in [0.1, 0.15) is 25.6 Å². The first kappa shape index (κ1) is 21.9. The summed E-state index contributed by atoms with van der Waals surface area (Å²) in [5.41, 5.74) is 0. The molecule has 1 amide bonds. The average Bonchev–Trinajstić information content (AvgIpc) is 3.31. The van der Waals surface area contributed by atoms with Gasteiger partial charge in [0.2, 0.25) is 5.91 Å². The lowest BCUT2D eigenvalue weighted by Gasteiger charge is -2.36. The second kappa shape index (κ2) is 10.8. The van der Waals surface area contributed by atoms with Crippen molar-refractivity contribution in [1.29, 1.82) is 0 Å². The molecule has 2 fully saturated rings. The van der Waals surface area contributed by atoms with Crippen LogP contribution in [0.4, 0.5) is 0 Å². The first-order chi connectivity index (χ1) is 12.7. The molecule has 1 aromatic heterocycles. The molecule has 9 nitrogen and oxygen atoms in total. The number of nitrogens with zero attached hydrogens (tertiary/aromatic N) is 7. The smallest absolute Gasteiger partial charge is 0.236 e. The second-order valence-electron chi connectivity index (χ2n) is 6.82. The number of carbonyl (C=O) groups excluding carboxylic acids is 1. The number of nitrogens with one attached hydrogen (secondary N) is 1. The minimum absolute atomic E-state index is 0. The van der Waals surface area contributed by atoms with E-state index in [0.717, 1.165) is 70.4 Å². The van der Waals surface area contributed by atoms with Gasteiger partial charge in [0.1, 0.15) is 18.7 Å². The van der Waals surface area contributed by atoms with Crippen LogP contribution in [0.15, 0.2) is 11.3 Å². The van der Waals surface area contributed by atoms with Crippen LogP contribution < -0.4 is 5.32 Å². The van der Waals surface area contributed by atoms with E-state index in [1.54, 1.807) is 11.0 Å². The molecule has 0 spiro atoms. The first-order valence-electron chi connectivity index (χ1n) is 9.53. The summed E-state index contributed by atoms with van der Waals surface area (Å²) >= 11 is 0. The van der Waals surface area contributed by atoms with E-state index in [2.05, 4.69) is 32.1 Å². The maximum atomic E-state index is 12.3. The molecule has 0 aliphatic carbocycles. The van der Waals surface area contributed by atoms with Gasteiger partial charge in [0.05, 0.1) is 6.54 Å². The highest BCUT2D eigenvalue weighted by atomic mass is 127. The quantitative estimate of drug-likeness (QED) is 0.360. The maximum Gasteiger partial charge on any atom is 0.236 e. The predicted molar refractivity (Wildman–Crippen MR) is 115 cm³/mol. The Morgan fingerprint density at radius 3 is 2.44 bits per heavy atom. The van der Waals surface area contributed by atoms with Gasteiger partial charge >= 0.3 is 0 Å². The van der Waals surface area contributed by atoms with Gasteiger partial charge in [-0.3, -0.25) is 14.4 Å². The zero-order chi connectivity index (χ0) is 18.4. The predicted octanol–water partition coefficient (Wildman–Crippen LogP) is 0.139. The molecule has 1 N–H and O–H groups in total. The Labute approximate surface area is 178 Å². The number of likely N-dealkylation sites (tertiary alicyclic amines) is 1. The summed E-state index contributed by atoms with van der Waals surface area (Å²) in [7, 11) is 1.88. The van der Waals surface area contributed by atoms with E-state index in [0.29, 0.717) is 13.1 Å². The molecule has 27 heavy (non-hydrogen) atoms. The van der Waals surface area contributed by atoms with E-state index in [1.165, 1.54) is 0 Å². The van der Waals surface area contributed by atoms with Crippen molar-refractivity contribution in [3.8, 4) is 0 Å². The average molecular weight is 490 g/mol. The van der Waals surface area contributed by atoms with Gasteiger partial charge in [0, 0.05) is 52.9 Å². The van der Waals surface area contributed by atoms with E-state index in [4.69, 9.17) is 4.99 Å². The van der Waals surface area contributed by atoms with Crippen molar-refractivity contribution in [2.45, 2.75) is 26.3 Å². The van der Waals surface area contributed by atoms with Crippen LogP contribution in [-0.4, -0.2) is 93.7 Å². The number of piperazine rings is 1. The lowest BCUT2D eigenvalue weighted by atomic mass is 10.3. The maximum absolute atomic E-state index is 12.3. The standard InChI is InChI=1S/C17H30N8O.HI/c1-3-18-17(19-12-15-20-14-21-22(15)2)25-10-8-23(9-11-25)13-16(26)24-6-4-5-7-24;/h14H,3-13H2,1-2H3,(H,18,19);1H. The molecule has 0 bridgehead atoms. The molecule has 1 aromatic rings. The van der Waals surface area contributed by atoms with Crippen molar-refractivity contribution >= 4 is 35.8 Å². The summed E-state index contributed by atoms with van der Waals surface area (Å²) in [5, 5.41) is 7.44. The van der Waals surface area contributed by atoms with Crippen LogP contribution in [0, 0.1) is 0 Å². The minimum atomic E-state index is 0. The Morgan fingerprint density at radius 2 is 1.85 bits per heavy atom. The first-order valence-corrected chi connectivity index (χ1v) is 9.53. The zero-order valence-corrected chi connectivity index (χ0v) is 18.6. The van der Waals surface area contributed by atoms with Crippen molar-refractivity contribution in [2.75, 3.05) is 52.4 Å². The molecular formula is C17H31IN8O. The van der Waals surface area contributed by atoms with Gasteiger partial charge in [0.25, 0.3) is 0 Å². The van der Waals surface area contributed by atoms with E-state index in [9.17, 15) is 4.79 Å². The van der Waals surface area contributed by atoms with E-state index < -0.39 is 0 Å². The molecule has 2 aliphatic heterocycles. The Hall–Kier alpha value is -1.43. The van der Waals surface area contributed by atoms with Crippen molar-refractivity contribution in [3.05, 3.63) is 12.2 Å². The summed E-state index contributed by atoms with van der Waals surface area (Å²) in [6.07, 6.45) is 3.84. The number of aromatic nitrogens is 3. The lowest BCUT2D eigenvalue weighted by molar-refractivity contribution is -0.131. The summed E-state index contributed by atoms with van der Waals surface area (Å²) in [5.74, 6) is 2.02. The molecule has 10 heteroatoms. The molecule has 0 saturated carbocycles. The third kappa shape index (κ3) is 6.03. The summed E-state index contributed by atoms with van der Waals surface area (Å²) in [6, 6.07) is 0. The SMILES string of the molecule is CCNC(=NCc1ncnn1C)N1CCN(CC(=O)N2CCCC2)CC1.I. The molecule has 3 rings (SSSR count). The fourth-order valence-electron chi connectivity index (χ4n) is 3.41. The van der Waals surface area contributed by atoms with Gasteiger partial charge in [-0.2, -0.15) is 5.10 Å². The molecule has 0 unspecified atom stereocenters. The zero-order valence-electron chi connectivity index (χ0n) is 16.3. The Kier molecular flexibility index (Phi) is 8.74. The second-order valence-corrected chi connectivity index (χ2v) is 6.82. The van der Waals surface area contributed by atoms with Crippen LogP contribution in [-0.2, 0) is 18.4 Å². The molecule has 0 aromatic carbocycles. The van der Waals surface area contributed by atoms with Gasteiger partial charge in [-0.15, -0.1) is 24.0 Å². The van der Waals surface area contributed by atoms with Crippen LogP contribution in [0.5, 0.6) is 0 Å². The van der Waals surface area contributed by atoms with Crippen molar-refractivity contribution < 1.29 is 4.79 Å². The highest BCUT2D eigenvalue weighted by molar-refractivity contribution is 14.0.